The minimum absolute atomic E-state index is 0.0245. The molecular weight excluding hydrogens is 426 g/mol. The Balaban J connectivity index is 1.98. The van der Waals surface area contributed by atoms with E-state index in [1.807, 2.05) is 0 Å². The molecule has 0 atom stereocenters. The molecule has 0 saturated heterocycles. The van der Waals surface area contributed by atoms with Gasteiger partial charge in [0.1, 0.15) is 0 Å². The Hall–Kier alpha value is -2.76. The third-order valence-corrected chi connectivity index (χ3v) is 5.34. The number of carbonyl (C=O) groups is 1. The SMILES string of the molecule is O=C1c2ccccc2CN1Cc1cc(C(F)(F)F)ccc1NS(=O)(=O)C(F)(F)F. The first-order valence-electron chi connectivity index (χ1n) is 7.96. The van der Waals surface area contributed by atoms with Gasteiger partial charge in [-0.2, -0.15) is 34.8 Å². The zero-order valence-electron chi connectivity index (χ0n) is 14.3. The van der Waals surface area contributed by atoms with Gasteiger partial charge in [0.15, 0.2) is 0 Å². The lowest BCUT2D eigenvalue weighted by atomic mass is 10.1. The lowest BCUT2D eigenvalue weighted by Gasteiger charge is -2.21. The zero-order chi connectivity index (χ0) is 21.6. The largest absolute Gasteiger partial charge is 0.516 e. The average molecular weight is 438 g/mol. The highest BCUT2D eigenvalue weighted by atomic mass is 32.2. The van der Waals surface area contributed by atoms with E-state index >= 15 is 0 Å². The Labute approximate surface area is 161 Å². The molecule has 2 aromatic rings. The molecule has 0 fully saturated rings. The van der Waals surface area contributed by atoms with Crippen molar-refractivity contribution in [2.75, 3.05) is 4.72 Å². The summed E-state index contributed by atoms with van der Waals surface area (Å²) in [5.74, 6) is -0.525. The Kier molecular flexibility index (Phi) is 5.01. The maximum Gasteiger partial charge on any atom is 0.516 e. The molecule has 156 valence electrons. The van der Waals surface area contributed by atoms with Crippen molar-refractivity contribution in [2.24, 2.45) is 0 Å². The van der Waals surface area contributed by atoms with Gasteiger partial charge in [0.2, 0.25) is 0 Å². The van der Waals surface area contributed by atoms with Crippen molar-refractivity contribution < 1.29 is 39.6 Å². The minimum atomic E-state index is -5.86. The molecule has 0 bridgehead atoms. The summed E-state index contributed by atoms with van der Waals surface area (Å²) < 4.78 is 101. The number of carbonyl (C=O) groups excluding carboxylic acids is 1. The molecule has 0 saturated carbocycles. The van der Waals surface area contributed by atoms with Gasteiger partial charge < -0.3 is 4.90 Å². The van der Waals surface area contributed by atoms with E-state index in [-0.39, 0.29) is 6.54 Å². The van der Waals surface area contributed by atoms with Crippen LogP contribution in [0.5, 0.6) is 0 Å². The van der Waals surface area contributed by atoms with Crippen molar-refractivity contribution in [1.29, 1.82) is 0 Å². The molecular formula is C17H12F6N2O3S. The number of hydrogen-bond donors (Lipinski definition) is 1. The van der Waals surface area contributed by atoms with Crippen LogP contribution in [-0.4, -0.2) is 24.7 Å². The molecule has 12 heteroatoms. The molecule has 1 aliphatic heterocycles. The zero-order valence-corrected chi connectivity index (χ0v) is 15.1. The smallest absolute Gasteiger partial charge is 0.330 e. The maximum absolute atomic E-state index is 13.0. The second-order valence-corrected chi connectivity index (χ2v) is 7.91. The van der Waals surface area contributed by atoms with Gasteiger partial charge in [-0.25, -0.2) is 0 Å². The van der Waals surface area contributed by atoms with Crippen molar-refractivity contribution in [3.05, 3.63) is 64.7 Å². The summed E-state index contributed by atoms with van der Waals surface area (Å²) in [4.78, 5) is 13.5. The number of nitrogens with zero attached hydrogens (tertiary/aromatic N) is 1. The number of amides is 1. The van der Waals surface area contributed by atoms with Crippen molar-refractivity contribution >= 4 is 21.6 Å². The summed E-state index contributed by atoms with van der Waals surface area (Å²) in [5, 5.41) is 0. The predicted molar refractivity (Wildman–Crippen MR) is 90.1 cm³/mol. The number of nitrogens with one attached hydrogen (secondary N) is 1. The van der Waals surface area contributed by atoms with Gasteiger partial charge in [0.25, 0.3) is 5.91 Å². The molecule has 29 heavy (non-hydrogen) atoms. The van der Waals surface area contributed by atoms with Crippen molar-refractivity contribution in [2.45, 2.75) is 24.8 Å². The van der Waals surface area contributed by atoms with E-state index in [2.05, 4.69) is 0 Å². The average Bonchev–Trinajstić information content (AvgIpc) is 2.90. The normalized spacial score (nSPS) is 14.8. The van der Waals surface area contributed by atoms with E-state index in [0.717, 1.165) is 4.90 Å². The Morgan fingerprint density at radius 2 is 1.66 bits per heavy atom. The molecule has 0 spiro atoms. The van der Waals surface area contributed by atoms with Gasteiger partial charge in [0, 0.05) is 18.7 Å². The Morgan fingerprint density at radius 1 is 1.00 bits per heavy atom. The quantitative estimate of drug-likeness (QED) is 0.731. The van der Waals surface area contributed by atoms with E-state index in [0.29, 0.717) is 29.3 Å². The number of hydrogen-bond acceptors (Lipinski definition) is 3. The predicted octanol–water partition coefficient (Wildman–Crippen LogP) is 4.12. The molecule has 5 nitrogen and oxygen atoms in total. The summed E-state index contributed by atoms with van der Waals surface area (Å²) in [6.45, 7) is -0.496. The Morgan fingerprint density at radius 3 is 2.24 bits per heavy atom. The molecule has 0 unspecified atom stereocenters. The fourth-order valence-corrected chi connectivity index (χ4v) is 3.46. The lowest BCUT2D eigenvalue weighted by molar-refractivity contribution is -0.137. The molecule has 2 aromatic carbocycles. The number of rotatable bonds is 4. The van der Waals surface area contributed by atoms with E-state index in [9.17, 15) is 39.6 Å². The van der Waals surface area contributed by atoms with Crippen LogP contribution in [0.15, 0.2) is 42.5 Å². The van der Waals surface area contributed by atoms with Crippen LogP contribution in [0.25, 0.3) is 0 Å². The highest BCUT2D eigenvalue weighted by Gasteiger charge is 2.46. The molecule has 3 rings (SSSR count). The number of benzene rings is 2. The summed E-state index contributed by atoms with van der Waals surface area (Å²) >= 11 is 0. The van der Waals surface area contributed by atoms with E-state index in [1.54, 1.807) is 18.2 Å². The summed E-state index contributed by atoms with van der Waals surface area (Å²) in [6, 6.07) is 7.96. The molecule has 0 radical (unpaired) electrons. The molecule has 1 amide bonds. The Bertz CT molecular complexity index is 1060. The summed E-state index contributed by atoms with van der Waals surface area (Å²) in [7, 11) is -5.86. The van der Waals surface area contributed by atoms with Crippen LogP contribution in [0.4, 0.5) is 32.0 Å². The second kappa shape index (κ2) is 6.94. The van der Waals surface area contributed by atoms with Crippen LogP contribution < -0.4 is 4.72 Å². The van der Waals surface area contributed by atoms with Crippen LogP contribution in [0.2, 0.25) is 0 Å². The number of alkyl halides is 6. The lowest BCUT2D eigenvalue weighted by Crippen LogP contribution is -2.31. The molecule has 1 heterocycles. The fourth-order valence-electron chi connectivity index (χ4n) is 2.85. The standard InChI is InChI=1S/C17H12F6N2O3S/c18-16(19,20)12-5-6-14(24-29(27,28)17(21,22)23)11(7-12)9-25-8-10-3-1-2-4-13(10)15(25)26/h1-7,24H,8-9H2. The van der Waals surface area contributed by atoms with Gasteiger partial charge in [-0.1, -0.05) is 18.2 Å². The van der Waals surface area contributed by atoms with E-state index in [1.165, 1.54) is 10.8 Å². The highest BCUT2D eigenvalue weighted by Crippen LogP contribution is 2.35. The third kappa shape index (κ3) is 4.16. The highest BCUT2D eigenvalue weighted by molar-refractivity contribution is 7.93. The number of halogens is 6. The van der Waals surface area contributed by atoms with Crippen molar-refractivity contribution in [1.82, 2.24) is 4.90 Å². The minimum Gasteiger partial charge on any atom is -0.330 e. The first-order valence-corrected chi connectivity index (χ1v) is 9.44. The van der Waals surface area contributed by atoms with E-state index < -0.39 is 51.0 Å². The first-order chi connectivity index (χ1) is 13.3. The second-order valence-electron chi connectivity index (χ2n) is 6.24. The molecule has 1 N–H and O–H groups in total. The van der Waals surface area contributed by atoms with Crippen LogP contribution in [0.1, 0.15) is 27.0 Å². The van der Waals surface area contributed by atoms with E-state index in [4.69, 9.17) is 0 Å². The summed E-state index contributed by atoms with van der Waals surface area (Å²) in [5.41, 5.74) is -7.05. The number of fused-ring (bicyclic) bond motifs is 1. The van der Waals surface area contributed by atoms with Crippen LogP contribution in [-0.2, 0) is 29.3 Å². The number of anilines is 1. The number of sulfonamides is 1. The van der Waals surface area contributed by atoms with Gasteiger partial charge >= 0.3 is 21.7 Å². The van der Waals surface area contributed by atoms with Crippen molar-refractivity contribution in [3.8, 4) is 0 Å². The summed E-state index contributed by atoms with van der Waals surface area (Å²) in [6.07, 6.45) is -4.81. The topological polar surface area (TPSA) is 66.5 Å². The molecule has 0 aromatic heterocycles. The fraction of sp³-hybridized carbons (Fsp3) is 0.235. The monoisotopic (exact) mass is 438 g/mol. The first kappa shape index (κ1) is 21.0. The van der Waals surface area contributed by atoms with Crippen LogP contribution in [0.3, 0.4) is 0 Å². The molecule has 1 aliphatic rings. The maximum atomic E-state index is 13.0. The van der Waals surface area contributed by atoms with Gasteiger partial charge in [0.05, 0.1) is 11.3 Å². The van der Waals surface area contributed by atoms with Gasteiger partial charge in [-0.05, 0) is 35.4 Å². The molecule has 0 aliphatic carbocycles. The van der Waals surface area contributed by atoms with Crippen molar-refractivity contribution in [3.63, 3.8) is 0 Å². The van der Waals surface area contributed by atoms with Gasteiger partial charge in [-0.15, -0.1) is 0 Å². The third-order valence-electron chi connectivity index (χ3n) is 4.24. The van der Waals surface area contributed by atoms with Crippen LogP contribution >= 0.6 is 0 Å². The van der Waals surface area contributed by atoms with Gasteiger partial charge in [-0.3, -0.25) is 9.52 Å². The van der Waals surface area contributed by atoms with Crippen LogP contribution in [0, 0.1) is 0 Å².